The van der Waals surface area contributed by atoms with Crippen molar-refractivity contribution < 1.29 is 14.6 Å². The van der Waals surface area contributed by atoms with E-state index in [0.717, 1.165) is 13.1 Å². The highest BCUT2D eigenvalue weighted by molar-refractivity contribution is 5.14. The van der Waals surface area contributed by atoms with Gasteiger partial charge in [-0.2, -0.15) is 0 Å². The van der Waals surface area contributed by atoms with Crippen molar-refractivity contribution >= 4 is 0 Å². The Morgan fingerprint density at radius 1 is 1.35 bits per heavy atom. The summed E-state index contributed by atoms with van der Waals surface area (Å²) in [7, 11) is 1.67. The van der Waals surface area contributed by atoms with Gasteiger partial charge in [0.2, 0.25) is 0 Å². The molecule has 110 valence electrons. The predicted molar refractivity (Wildman–Crippen MR) is 79.3 cm³/mol. The first-order chi connectivity index (χ1) is 9.76. The summed E-state index contributed by atoms with van der Waals surface area (Å²) in [4.78, 5) is 2.14. The molecule has 4 heteroatoms. The number of hydrogen-bond acceptors (Lipinski definition) is 4. The van der Waals surface area contributed by atoms with Gasteiger partial charge >= 0.3 is 0 Å². The Labute approximate surface area is 121 Å². The Morgan fingerprint density at radius 2 is 2.10 bits per heavy atom. The fourth-order valence-corrected chi connectivity index (χ4v) is 1.90. The number of aliphatic hydroxyl groups excluding tert-OH is 1. The largest absolute Gasteiger partial charge is 0.389 e. The Hall–Kier alpha value is -1.38. The van der Waals surface area contributed by atoms with Crippen LogP contribution in [0.5, 0.6) is 0 Å². The second-order valence-corrected chi connectivity index (χ2v) is 4.59. The zero-order valence-corrected chi connectivity index (χ0v) is 12.0. The van der Waals surface area contributed by atoms with Crippen LogP contribution in [0.4, 0.5) is 0 Å². The van der Waals surface area contributed by atoms with Crippen molar-refractivity contribution in [3.05, 3.63) is 35.9 Å². The summed E-state index contributed by atoms with van der Waals surface area (Å²) >= 11 is 0. The second-order valence-electron chi connectivity index (χ2n) is 4.59. The molecule has 0 saturated heterocycles. The molecule has 1 aromatic rings. The molecule has 0 aliphatic heterocycles. The highest BCUT2D eigenvalue weighted by Gasteiger charge is 2.12. The van der Waals surface area contributed by atoms with E-state index in [1.54, 1.807) is 7.11 Å². The molecule has 0 aliphatic carbocycles. The molecular weight excluding hydrogens is 254 g/mol. The average Bonchev–Trinajstić information content (AvgIpc) is 2.46. The van der Waals surface area contributed by atoms with Gasteiger partial charge in [-0.3, -0.25) is 4.90 Å². The molecule has 0 amide bonds. The molecule has 1 aromatic carbocycles. The molecule has 0 bridgehead atoms. The van der Waals surface area contributed by atoms with E-state index in [1.165, 1.54) is 5.56 Å². The number of terminal acetylenes is 1. The van der Waals surface area contributed by atoms with Gasteiger partial charge in [-0.15, -0.1) is 6.42 Å². The van der Waals surface area contributed by atoms with Gasteiger partial charge in [0.05, 0.1) is 19.3 Å². The van der Waals surface area contributed by atoms with Crippen LogP contribution < -0.4 is 0 Å². The number of aliphatic hydroxyl groups is 1. The van der Waals surface area contributed by atoms with Gasteiger partial charge in [-0.1, -0.05) is 36.3 Å². The number of benzene rings is 1. The average molecular weight is 277 g/mol. The summed E-state index contributed by atoms with van der Waals surface area (Å²) in [5.41, 5.74) is 1.21. The van der Waals surface area contributed by atoms with Crippen LogP contribution in [0, 0.1) is 12.3 Å². The third kappa shape index (κ3) is 7.27. The zero-order chi connectivity index (χ0) is 14.6. The van der Waals surface area contributed by atoms with Crippen LogP contribution in [0.1, 0.15) is 5.56 Å². The first-order valence-electron chi connectivity index (χ1n) is 6.70. The maximum absolute atomic E-state index is 9.95. The topological polar surface area (TPSA) is 41.9 Å². The molecule has 1 atom stereocenters. The molecule has 1 unspecified atom stereocenters. The van der Waals surface area contributed by atoms with Gasteiger partial charge in [0, 0.05) is 26.7 Å². The normalized spacial score (nSPS) is 12.3. The Kier molecular flexibility index (Phi) is 8.68. The maximum Gasteiger partial charge on any atom is 0.107 e. The van der Waals surface area contributed by atoms with Crippen LogP contribution >= 0.6 is 0 Å². The minimum Gasteiger partial charge on any atom is -0.389 e. The predicted octanol–water partition coefficient (Wildman–Crippen LogP) is 1.15. The van der Waals surface area contributed by atoms with Crippen LogP contribution in [0.3, 0.4) is 0 Å². The van der Waals surface area contributed by atoms with Crippen molar-refractivity contribution in [2.75, 3.05) is 40.0 Å². The van der Waals surface area contributed by atoms with Crippen LogP contribution in [-0.4, -0.2) is 56.1 Å². The van der Waals surface area contributed by atoms with E-state index in [1.807, 2.05) is 18.2 Å². The van der Waals surface area contributed by atoms with Crippen molar-refractivity contribution in [1.29, 1.82) is 0 Å². The Bertz CT molecular complexity index is 388. The van der Waals surface area contributed by atoms with Gasteiger partial charge < -0.3 is 14.6 Å². The van der Waals surface area contributed by atoms with E-state index >= 15 is 0 Å². The number of hydrogen-bond donors (Lipinski definition) is 1. The second kappa shape index (κ2) is 10.4. The maximum atomic E-state index is 9.95. The Balaban J connectivity index is 2.44. The van der Waals surface area contributed by atoms with E-state index in [9.17, 15) is 5.11 Å². The van der Waals surface area contributed by atoms with Crippen LogP contribution in [0.15, 0.2) is 30.3 Å². The molecule has 0 fully saturated rings. The monoisotopic (exact) mass is 277 g/mol. The summed E-state index contributed by atoms with van der Waals surface area (Å²) in [5, 5.41) is 9.95. The van der Waals surface area contributed by atoms with Crippen LogP contribution in [-0.2, 0) is 16.0 Å². The summed E-state index contributed by atoms with van der Waals surface area (Å²) in [5.74, 6) is 2.38. The minimum absolute atomic E-state index is 0.230. The molecule has 0 saturated carbocycles. The molecule has 20 heavy (non-hydrogen) atoms. The minimum atomic E-state index is -0.552. The van der Waals surface area contributed by atoms with Crippen LogP contribution in [0.25, 0.3) is 0 Å². The lowest BCUT2D eigenvalue weighted by molar-refractivity contribution is 0.0207. The fraction of sp³-hybridized carbons (Fsp3) is 0.500. The lowest BCUT2D eigenvalue weighted by atomic mass is 10.2. The van der Waals surface area contributed by atoms with Crippen molar-refractivity contribution in [3.8, 4) is 12.3 Å². The third-order valence-electron chi connectivity index (χ3n) is 2.83. The van der Waals surface area contributed by atoms with E-state index in [0.29, 0.717) is 13.2 Å². The SMILES string of the molecule is C#CCOCC(O)CN(CCOC)Cc1ccccc1. The highest BCUT2D eigenvalue weighted by Crippen LogP contribution is 2.05. The molecule has 0 spiro atoms. The lowest BCUT2D eigenvalue weighted by Gasteiger charge is -2.24. The lowest BCUT2D eigenvalue weighted by Crippen LogP contribution is -2.36. The van der Waals surface area contributed by atoms with Gasteiger partial charge in [-0.25, -0.2) is 0 Å². The van der Waals surface area contributed by atoms with Crippen molar-refractivity contribution in [1.82, 2.24) is 4.90 Å². The van der Waals surface area contributed by atoms with Gasteiger partial charge in [0.15, 0.2) is 0 Å². The summed E-state index contributed by atoms with van der Waals surface area (Å²) in [6.07, 6.45) is 4.55. The van der Waals surface area contributed by atoms with Crippen molar-refractivity contribution in [2.45, 2.75) is 12.6 Å². The number of rotatable bonds is 10. The standard InChI is InChI=1S/C16H23NO3/c1-3-10-20-14-16(18)13-17(9-11-19-2)12-15-7-5-4-6-8-15/h1,4-8,16,18H,9-14H2,2H3. The van der Waals surface area contributed by atoms with Crippen molar-refractivity contribution in [3.63, 3.8) is 0 Å². The molecule has 1 rings (SSSR count). The Morgan fingerprint density at radius 3 is 2.75 bits per heavy atom. The molecule has 1 N–H and O–H groups in total. The molecule has 0 aliphatic rings. The molecule has 0 radical (unpaired) electrons. The smallest absolute Gasteiger partial charge is 0.107 e. The number of methoxy groups -OCH3 is 1. The van der Waals surface area contributed by atoms with Crippen molar-refractivity contribution in [2.24, 2.45) is 0 Å². The van der Waals surface area contributed by atoms with E-state index < -0.39 is 6.10 Å². The first-order valence-corrected chi connectivity index (χ1v) is 6.70. The molecule has 0 aromatic heterocycles. The number of ether oxygens (including phenoxy) is 2. The van der Waals surface area contributed by atoms with Gasteiger partial charge in [0.1, 0.15) is 6.61 Å². The van der Waals surface area contributed by atoms with E-state index in [2.05, 4.69) is 23.0 Å². The molecule has 0 heterocycles. The van der Waals surface area contributed by atoms with E-state index in [4.69, 9.17) is 15.9 Å². The summed E-state index contributed by atoms with van der Waals surface area (Å²) < 4.78 is 10.3. The zero-order valence-electron chi connectivity index (χ0n) is 12.0. The highest BCUT2D eigenvalue weighted by atomic mass is 16.5. The fourth-order valence-electron chi connectivity index (χ4n) is 1.90. The van der Waals surface area contributed by atoms with Gasteiger partial charge in [0.25, 0.3) is 0 Å². The quantitative estimate of drug-likeness (QED) is 0.514. The van der Waals surface area contributed by atoms with Crippen LogP contribution in [0.2, 0.25) is 0 Å². The third-order valence-corrected chi connectivity index (χ3v) is 2.83. The first kappa shape index (κ1) is 16.7. The van der Waals surface area contributed by atoms with Gasteiger partial charge in [-0.05, 0) is 5.56 Å². The number of nitrogens with zero attached hydrogens (tertiary/aromatic N) is 1. The summed E-state index contributed by atoms with van der Waals surface area (Å²) in [6.45, 7) is 3.18. The summed E-state index contributed by atoms with van der Waals surface area (Å²) in [6, 6.07) is 10.2. The molecule has 4 nitrogen and oxygen atoms in total. The molecular formula is C16H23NO3. The van der Waals surface area contributed by atoms with E-state index in [-0.39, 0.29) is 13.2 Å².